The molecule has 0 fully saturated rings. The van der Waals surface area contributed by atoms with Gasteiger partial charge in [-0.1, -0.05) is 41.9 Å². The van der Waals surface area contributed by atoms with Crippen LogP contribution in [0.15, 0.2) is 54.6 Å². The molecule has 4 nitrogen and oxygen atoms in total. The van der Waals surface area contributed by atoms with Crippen LogP contribution in [-0.2, 0) is 0 Å². The van der Waals surface area contributed by atoms with Gasteiger partial charge in [0, 0.05) is 16.1 Å². The molecular formula is C20H16ClN3O. The lowest BCUT2D eigenvalue weighted by Gasteiger charge is -2.12. The molecule has 5 heteroatoms. The molecule has 1 heterocycles. The summed E-state index contributed by atoms with van der Waals surface area (Å²) >= 11 is 6.28. The minimum Gasteiger partial charge on any atom is -0.494 e. The molecule has 3 aromatic rings. The average molecular weight is 350 g/mol. The summed E-state index contributed by atoms with van der Waals surface area (Å²) < 4.78 is 5.47. The molecule has 0 aliphatic carbocycles. The fraction of sp³-hybridized carbons (Fsp3) is 0.100. The molecule has 0 amide bonds. The number of anilines is 1. The van der Waals surface area contributed by atoms with Crippen molar-refractivity contribution in [2.45, 2.75) is 6.92 Å². The summed E-state index contributed by atoms with van der Waals surface area (Å²) in [5.74, 6) is 0.960. The van der Waals surface area contributed by atoms with E-state index in [4.69, 9.17) is 22.1 Å². The Labute approximate surface area is 151 Å². The highest BCUT2D eigenvalue weighted by molar-refractivity contribution is 6.33. The first-order valence-electron chi connectivity index (χ1n) is 7.82. The van der Waals surface area contributed by atoms with Gasteiger partial charge in [-0.3, -0.25) is 0 Å². The molecule has 0 bridgehead atoms. The Bertz CT molecular complexity index is 946. The molecule has 25 heavy (non-hydrogen) atoms. The van der Waals surface area contributed by atoms with Crippen LogP contribution < -0.4 is 10.5 Å². The van der Waals surface area contributed by atoms with Crippen molar-refractivity contribution < 1.29 is 4.74 Å². The molecule has 0 saturated heterocycles. The third-order valence-electron chi connectivity index (χ3n) is 3.79. The van der Waals surface area contributed by atoms with Crippen molar-refractivity contribution in [2.24, 2.45) is 0 Å². The van der Waals surface area contributed by atoms with Gasteiger partial charge in [-0.25, -0.2) is 4.98 Å². The quantitative estimate of drug-likeness (QED) is 0.725. The van der Waals surface area contributed by atoms with Crippen molar-refractivity contribution in [3.63, 3.8) is 0 Å². The maximum absolute atomic E-state index is 9.49. The Morgan fingerprint density at radius 1 is 1.12 bits per heavy atom. The van der Waals surface area contributed by atoms with Crippen LogP contribution in [-0.4, -0.2) is 11.6 Å². The molecule has 3 rings (SSSR count). The number of benzene rings is 2. The smallest absolute Gasteiger partial charge is 0.142 e. The zero-order valence-corrected chi connectivity index (χ0v) is 14.4. The van der Waals surface area contributed by atoms with Crippen LogP contribution in [0.2, 0.25) is 5.02 Å². The first-order valence-corrected chi connectivity index (χ1v) is 8.20. The zero-order chi connectivity index (χ0) is 17.8. The maximum atomic E-state index is 9.49. The number of nitrogen functional groups attached to an aromatic ring is 1. The number of halogens is 1. The number of aromatic nitrogens is 1. The van der Waals surface area contributed by atoms with E-state index in [0.717, 1.165) is 16.9 Å². The molecule has 0 saturated carbocycles. The largest absolute Gasteiger partial charge is 0.494 e. The number of ether oxygens (including phenoxy) is 1. The Morgan fingerprint density at radius 2 is 1.84 bits per heavy atom. The highest BCUT2D eigenvalue weighted by Gasteiger charge is 2.14. The van der Waals surface area contributed by atoms with Gasteiger partial charge in [-0.2, -0.15) is 5.26 Å². The van der Waals surface area contributed by atoms with Gasteiger partial charge in [-0.05, 0) is 36.8 Å². The van der Waals surface area contributed by atoms with Crippen molar-refractivity contribution in [1.29, 1.82) is 5.26 Å². The number of nitriles is 1. The van der Waals surface area contributed by atoms with E-state index in [9.17, 15) is 5.26 Å². The number of pyridine rings is 1. The highest BCUT2D eigenvalue weighted by atomic mass is 35.5. The van der Waals surface area contributed by atoms with E-state index >= 15 is 0 Å². The van der Waals surface area contributed by atoms with E-state index in [2.05, 4.69) is 11.1 Å². The van der Waals surface area contributed by atoms with Crippen LogP contribution in [0.4, 0.5) is 5.82 Å². The average Bonchev–Trinajstić information content (AvgIpc) is 2.62. The molecule has 0 radical (unpaired) electrons. The van der Waals surface area contributed by atoms with Crippen molar-refractivity contribution >= 4 is 17.4 Å². The summed E-state index contributed by atoms with van der Waals surface area (Å²) in [7, 11) is 0. The molecule has 0 atom stereocenters. The van der Waals surface area contributed by atoms with Gasteiger partial charge in [0.15, 0.2) is 0 Å². The highest BCUT2D eigenvalue weighted by Crippen LogP contribution is 2.34. The summed E-state index contributed by atoms with van der Waals surface area (Å²) in [6, 6.07) is 18.9. The Kier molecular flexibility index (Phi) is 4.87. The van der Waals surface area contributed by atoms with Crippen molar-refractivity contribution in [3.05, 3.63) is 65.2 Å². The standard InChI is InChI=1S/C20H16ClN3O/c1-2-25-14-9-7-13(8-10-14)16-11-19(24-20(23)17(16)12-22)15-5-3-4-6-18(15)21/h3-11H,2H2,1H3,(H2,23,24). The van der Waals surface area contributed by atoms with Gasteiger partial charge in [0.2, 0.25) is 0 Å². The Morgan fingerprint density at radius 3 is 2.48 bits per heavy atom. The predicted molar refractivity (Wildman–Crippen MR) is 100 cm³/mol. The second kappa shape index (κ2) is 7.25. The van der Waals surface area contributed by atoms with Gasteiger partial charge < -0.3 is 10.5 Å². The number of hydrogen-bond acceptors (Lipinski definition) is 4. The summed E-state index contributed by atoms with van der Waals surface area (Å²) in [5.41, 5.74) is 9.36. The molecule has 0 unspecified atom stereocenters. The van der Waals surface area contributed by atoms with E-state index in [1.165, 1.54) is 0 Å². The second-order valence-corrected chi connectivity index (χ2v) is 5.77. The molecule has 0 aliphatic heterocycles. The number of nitrogens with two attached hydrogens (primary N) is 1. The van der Waals surface area contributed by atoms with E-state index in [1.54, 1.807) is 6.07 Å². The van der Waals surface area contributed by atoms with Crippen LogP contribution in [0, 0.1) is 11.3 Å². The lowest BCUT2D eigenvalue weighted by Crippen LogP contribution is -2.00. The minimum absolute atomic E-state index is 0.184. The van der Waals surface area contributed by atoms with Crippen LogP contribution in [0.5, 0.6) is 5.75 Å². The number of hydrogen-bond donors (Lipinski definition) is 1. The van der Waals surface area contributed by atoms with E-state index < -0.39 is 0 Å². The van der Waals surface area contributed by atoms with E-state index in [-0.39, 0.29) is 5.82 Å². The molecule has 2 aromatic carbocycles. The van der Waals surface area contributed by atoms with Gasteiger partial charge in [0.05, 0.1) is 12.3 Å². The predicted octanol–water partition coefficient (Wildman–Crippen LogP) is 4.92. The summed E-state index contributed by atoms with van der Waals surface area (Å²) in [5, 5.41) is 10.1. The van der Waals surface area contributed by atoms with Crippen LogP contribution in [0.3, 0.4) is 0 Å². The molecule has 124 valence electrons. The summed E-state index contributed by atoms with van der Waals surface area (Å²) in [6.45, 7) is 2.53. The van der Waals surface area contributed by atoms with Gasteiger partial charge in [-0.15, -0.1) is 0 Å². The van der Waals surface area contributed by atoms with Gasteiger partial charge in [0.25, 0.3) is 0 Å². The molecule has 0 spiro atoms. The molecule has 2 N–H and O–H groups in total. The molecular weight excluding hydrogens is 334 g/mol. The lowest BCUT2D eigenvalue weighted by molar-refractivity contribution is 0.340. The topological polar surface area (TPSA) is 71.9 Å². The summed E-state index contributed by atoms with van der Waals surface area (Å²) in [6.07, 6.45) is 0. The third kappa shape index (κ3) is 3.42. The fourth-order valence-electron chi connectivity index (χ4n) is 2.61. The molecule has 1 aromatic heterocycles. The monoisotopic (exact) mass is 349 g/mol. The van der Waals surface area contributed by atoms with E-state index in [1.807, 2.05) is 55.5 Å². The zero-order valence-electron chi connectivity index (χ0n) is 13.7. The molecule has 0 aliphatic rings. The van der Waals surface area contributed by atoms with Crippen molar-refractivity contribution in [2.75, 3.05) is 12.3 Å². The number of rotatable bonds is 4. The third-order valence-corrected chi connectivity index (χ3v) is 4.11. The van der Waals surface area contributed by atoms with Crippen molar-refractivity contribution in [3.8, 4) is 34.2 Å². The van der Waals surface area contributed by atoms with Gasteiger partial charge in [0.1, 0.15) is 23.2 Å². The lowest BCUT2D eigenvalue weighted by atomic mass is 9.98. The number of nitrogens with zero attached hydrogens (tertiary/aromatic N) is 2. The fourth-order valence-corrected chi connectivity index (χ4v) is 2.85. The van der Waals surface area contributed by atoms with Crippen LogP contribution >= 0.6 is 11.6 Å². The Balaban J connectivity index is 2.15. The first kappa shape index (κ1) is 16.8. The first-order chi connectivity index (χ1) is 12.1. The normalized spacial score (nSPS) is 10.3. The SMILES string of the molecule is CCOc1ccc(-c2cc(-c3ccccc3Cl)nc(N)c2C#N)cc1. The Hall–Kier alpha value is -3.03. The van der Waals surface area contributed by atoms with Crippen LogP contribution in [0.25, 0.3) is 22.4 Å². The van der Waals surface area contributed by atoms with Gasteiger partial charge >= 0.3 is 0 Å². The second-order valence-electron chi connectivity index (χ2n) is 5.36. The van der Waals surface area contributed by atoms with Crippen LogP contribution in [0.1, 0.15) is 12.5 Å². The van der Waals surface area contributed by atoms with E-state index in [0.29, 0.717) is 28.5 Å². The van der Waals surface area contributed by atoms with Crippen molar-refractivity contribution in [1.82, 2.24) is 4.98 Å². The minimum atomic E-state index is 0.184. The maximum Gasteiger partial charge on any atom is 0.142 e. The summed E-state index contributed by atoms with van der Waals surface area (Å²) in [4.78, 5) is 4.35.